The topological polar surface area (TPSA) is 40.5 Å². The average molecular weight is 287 g/mol. The Balaban J connectivity index is 2.41. The van der Waals surface area contributed by atoms with Crippen molar-refractivity contribution in [3.8, 4) is 0 Å². The predicted octanol–water partition coefficient (Wildman–Crippen LogP) is 3.98. The molecule has 0 saturated heterocycles. The fraction of sp³-hybridized carbons (Fsp3) is 0.500. The first kappa shape index (κ1) is 15.6. The Morgan fingerprint density at radius 1 is 1.48 bits per heavy atom. The molecule has 0 radical (unpaired) electrons. The molecule has 21 heavy (non-hydrogen) atoms. The molecular formula is C18H25NO2. The van der Waals surface area contributed by atoms with Crippen molar-refractivity contribution in [1.29, 1.82) is 0 Å². The maximum atomic E-state index is 11.2. The summed E-state index contributed by atoms with van der Waals surface area (Å²) in [4.78, 5) is 13.6. The van der Waals surface area contributed by atoms with E-state index in [9.17, 15) is 9.90 Å². The van der Waals surface area contributed by atoms with Crippen molar-refractivity contribution < 1.29 is 9.90 Å². The lowest BCUT2D eigenvalue weighted by Crippen LogP contribution is -2.48. The summed E-state index contributed by atoms with van der Waals surface area (Å²) in [5, 5.41) is 9.17. The largest absolute Gasteiger partial charge is 0.481 e. The number of benzene rings is 1. The van der Waals surface area contributed by atoms with Crippen LogP contribution in [0.15, 0.2) is 30.4 Å². The van der Waals surface area contributed by atoms with Gasteiger partial charge in [0.2, 0.25) is 0 Å². The molecule has 0 amide bonds. The van der Waals surface area contributed by atoms with E-state index in [1.165, 1.54) is 11.3 Å². The molecule has 1 unspecified atom stereocenters. The van der Waals surface area contributed by atoms with Crippen LogP contribution >= 0.6 is 0 Å². The zero-order chi connectivity index (χ0) is 15.8. The summed E-state index contributed by atoms with van der Waals surface area (Å²) in [7, 11) is 0. The first-order valence-electron chi connectivity index (χ1n) is 7.50. The van der Waals surface area contributed by atoms with E-state index in [2.05, 4.69) is 37.5 Å². The van der Waals surface area contributed by atoms with Crippen molar-refractivity contribution in [3.05, 3.63) is 41.5 Å². The van der Waals surface area contributed by atoms with Gasteiger partial charge in [-0.2, -0.15) is 0 Å². The number of carboxylic acids is 1. The van der Waals surface area contributed by atoms with Crippen molar-refractivity contribution in [1.82, 2.24) is 0 Å². The molecule has 1 aliphatic rings. The molecule has 1 N–H and O–H groups in total. The highest BCUT2D eigenvalue weighted by atomic mass is 16.4. The van der Waals surface area contributed by atoms with Crippen LogP contribution in [0.5, 0.6) is 0 Å². The number of fused-ring (bicyclic) bond motifs is 1. The number of aryl methyl sites for hydroxylation is 1. The maximum Gasteiger partial charge on any atom is 0.310 e. The van der Waals surface area contributed by atoms with Gasteiger partial charge in [-0.05, 0) is 57.7 Å². The molecule has 3 nitrogen and oxygen atoms in total. The molecule has 1 heterocycles. The molecule has 3 heteroatoms. The van der Waals surface area contributed by atoms with E-state index in [1.54, 1.807) is 6.92 Å². The van der Waals surface area contributed by atoms with E-state index in [0.29, 0.717) is 0 Å². The minimum absolute atomic E-state index is 0.103. The number of anilines is 1. The van der Waals surface area contributed by atoms with Gasteiger partial charge in [-0.15, -0.1) is 0 Å². The van der Waals surface area contributed by atoms with Crippen molar-refractivity contribution >= 4 is 11.7 Å². The van der Waals surface area contributed by atoms with Crippen LogP contribution in [0.3, 0.4) is 0 Å². The highest BCUT2D eigenvalue weighted by molar-refractivity contribution is 5.76. The molecule has 0 saturated carbocycles. The minimum Gasteiger partial charge on any atom is -0.481 e. The van der Waals surface area contributed by atoms with Crippen LogP contribution in [0.2, 0.25) is 0 Å². The Morgan fingerprint density at radius 2 is 2.14 bits per heavy atom. The molecule has 1 aromatic rings. The van der Waals surface area contributed by atoms with Crippen LogP contribution in [-0.2, 0) is 11.2 Å². The highest BCUT2D eigenvalue weighted by Crippen LogP contribution is 2.38. The Labute approximate surface area is 127 Å². The van der Waals surface area contributed by atoms with Gasteiger partial charge in [0.05, 0.1) is 5.92 Å². The highest BCUT2D eigenvalue weighted by Gasteiger charge is 2.32. The number of hydrogen-bond donors (Lipinski definition) is 1. The van der Waals surface area contributed by atoms with Crippen molar-refractivity contribution in [2.75, 3.05) is 11.4 Å². The first-order chi connectivity index (χ1) is 9.72. The summed E-state index contributed by atoms with van der Waals surface area (Å²) in [6.07, 6.45) is 2.06. The van der Waals surface area contributed by atoms with Gasteiger partial charge in [0.25, 0.3) is 0 Å². The summed E-state index contributed by atoms with van der Waals surface area (Å²) < 4.78 is 0. The van der Waals surface area contributed by atoms with Crippen LogP contribution in [0.1, 0.15) is 51.2 Å². The van der Waals surface area contributed by atoms with E-state index in [-0.39, 0.29) is 5.54 Å². The van der Waals surface area contributed by atoms with E-state index in [0.717, 1.165) is 30.5 Å². The third-order valence-corrected chi connectivity index (χ3v) is 4.43. The quantitative estimate of drug-likeness (QED) is 0.851. The third-order valence-electron chi connectivity index (χ3n) is 4.43. The number of hydrogen-bond acceptors (Lipinski definition) is 2. The fourth-order valence-corrected chi connectivity index (χ4v) is 2.95. The van der Waals surface area contributed by atoms with Gasteiger partial charge >= 0.3 is 5.97 Å². The molecule has 0 aromatic heterocycles. The third kappa shape index (κ3) is 3.12. The molecule has 2 rings (SSSR count). The van der Waals surface area contributed by atoms with Crippen molar-refractivity contribution in [2.45, 2.75) is 52.0 Å². The molecule has 0 fully saturated rings. The van der Waals surface area contributed by atoms with E-state index in [1.807, 2.05) is 13.0 Å². The lowest BCUT2D eigenvalue weighted by atomic mass is 9.85. The minimum atomic E-state index is -0.773. The summed E-state index contributed by atoms with van der Waals surface area (Å²) in [6, 6.07) is 6.09. The second-order valence-corrected chi connectivity index (χ2v) is 6.80. The maximum absolute atomic E-state index is 11.2. The fourth-order valence-electron chi connectivity index (χ4n) is 2.95. The molecule has 1 aromatic carbocycles. The van der Waals surface area contributed by atoms with Crippen LogP contribution in [0.25, 0.3) is 0 Å². The van der Waals surface area contributed by atoms with Crippen LogP contribution in [0.4, 0.5) is 5.69 Å². The van der Waals surface area contributed by atoms with Gasteiger partial charge in [0, 0.05) is 17.8 Å². The average Bonchev–Trinajstić information content (AvgIpc) is 2.40. The van der Waals surface area contributed by atoms with Gasteiger partial charge in [0.15, 0.2) is 0 Å². The van der Waals surface area contributed by atoms with Crippen LogP contribution < -0.4 is 4.90 Å². The zero-order valence-electron chi connectivity index (χ0n) is 13.4. The lowest BCUT2D eigenvalue weighted by Gasteiger charge is -2.45. The summed E-state index contributed by atoms with van der Waals surface area (Å²) in [5.41, 5.74) is 4.60. The van der Waals surface area contributed by atoms with Crippen LogP contribution in [-0.4, -0.2) is 23.2 Å². The zero-order valence-corrected chi connectivity index (χ0v) is 13.4. The van der Waals surface area contributed by atoms with Gasteiger partial charge in [-0.1, -0.05) is 24.3 Å². The summed E-state index contributed by atoms with van der Waals surface area (Å²) in [5.74, 6) is -1.23. The molecule has 114 valence electrons. The van der Waals surface area contributed by atoms with E-state index in [4.69, 9.17) is 0 Å². The molecule has 0 aliphatic carbocycles. The second kappa shape index (κ2) is 5.55. The number of carbonyl (C=O) groups is 1. The molecule has 0 bridgehead atoms. The number of carboxylic acid groups (broad SMARTS) is 1. The van der Waals surface area contributed by atoms with Crippen molar-refractivity contribution in [3.63, 3.8) is 0 Å². The first-order valence-corrected chi connectivity index (χ1v) is 7.50. The SMILES string of the molecule is C=C(C)CN1c2ccc(C(C)C(=O)O)cc2CCC1(C)C. The van der Waals surface area contributed by atoms with Crippen LogP contribution in [0, 0.1) is 0 Å². The standard InChI is InChI=1S/C18H25NO2/c1-12(2)11-19-16-7-6-14(13(3)17(20)21)10-15(16)8-9-18(19,4)5/h6-7,10,13H,1,8-9,11H2,2-5H3,(H,20,21). The molecule has 0 spiro atoms. The molecular weight excluding hydrogens is 262 g/mol. The van der Waals surface area contributed by atoms with Gasteiger partial charge in [-0.25, -0.2) is 0 Å². The molecule has 1 atom stereocenters. The van der Waals surface area contributed by atoms with E-state index < -0.39 is 11.9 Å². The van der Waals surface area contributed by atoms with Gasteiger partial charge in [0.1, 0.15) is 0 Å². The Bertz CT molecular complexity index is 575. The normalized spacial score (nSPS) is 18.0. The number of rotatable bonds is 4. The summed E-state index contributed by atoms with van der Waals surface area (Å²) in [6.45, 7) is 13.2. The van der Waals surface area contributed by atoms with Crippen molar-refractivity contribution in [2.24, 2.45) is 0 Å². The van der Waals surface area contributed by atoms with Gasteiger partial charge < -0.3 is 10.0 Å². The smallest absolute Gasteiger partial charge is 0.310 e. The molecule has 1 aliphatic heterocycles. The Hall–Kier alpha value is -1.77. The van der Waals surface area contributed by atoms with Gasteiger partial charge in [-0.3, -0.25) is 4.79 Å². The monoisotopic (exact) mass is 287 g/mol. The Morgan fingerprint density at radius 3 is 2.71 bits per heavy atom. The Kier molecular flexibility index (Phi) is 4.13. The summed E-state index contributed by atoms with van der Waals surface area (Å²) >= 11 is 0. The second-order valence-electron chi connectivity index (χ2n) is 6.80. The lowest BCUT2D eigenvalue weighted by molar-refractivity contribution is -0.138. The number of aliphatic carboxylic acids is 1. The number of nitrogens with zero attached hydrogens (tertiary/aromatic N) is 1. The van der Waals surface area contributed by atoms with E-state index >= 15 is 0 Å². The predicted molar refractivity (Wildman–Crippen MR) is 87.1 cm³/mol.